The van der Waals surface area contributed by atoms with E-state index in [0.29, 0.717) is 0 Å². The van der Waals surface area contributed by atoms with Crippen LogP contribution in [0.5, 0.6) is 0 Å². The number of benzene rings is 1. The van der Waals surface area contributed by atoms with E-state index in [1.165, 1.54) is 11.8 Å². The van der Waals surface area contributed by atoms with E-state index in [1.807, 2.05) is 36.4 Å². The molecule has 3 rings (SSSR count). The molecule has 5 nitrogen and oxygen atoms in total. The van der Waals surface area contributed by atoms with Gasteiger partial charge in [0, 0.05) is 18.0 Å². The van der Waals surface area contributed by atoms with Gasteiger partial charge < -0.3 is 5.73 Å². The molecule has 1 amide bonds. The van der Waals surface area contributed by atoms with E-state index in [-0.39, 0.29) is 11.7 Å². The number of thioether (sulfide) groups is 1. The van der Waals surface area contributed by atoms with E-state index in [2.05, 4.69) is 10.1 Å². The van der Waals surface area contributed by atoms with Crippen LogP contribution in [-0.2, 0) is 4.79 Å². The van der Waals surface area contributed by atoms with Crippen molar-refractivity contribution in [1.29, 1.82) is 0 Å². The zero-order valence-electron chi connectivity index (χ0n) is 10.6. The van der Waals surface area contributed by atoms with Crippen LogP contribution in [0.15, 0.2) is 53.8 Å². The lowest BCUT2D eigenvalue weighted by atomic mass is 10.1. The lowest BCUT2D eigenvalue weighted by Crippen LogP contribution is -2.13. The minimum atomic E-state index is -0.360. The van der Waals surface area contributed by atoms with E-state index in [0.717, 1.165) is 21.8 Å². The molecule has 6 heteroatoms. The Morgan fingerprint density at radius 1 is 1.30 bits per heavy atom. The number of carbonyl (C=O) groups excluding carboxylic acids is 1. The molecule has 2 heterocycles. The van der Waals surface area contributed by atoms with Gasteiger partial charge in [-0.25, -0.2) is 9.50 Å². The number of fused-ring (bicyclic) bond motifs is 1. The van der Waals surface area contributed by atoms with Crippen LogP contribution in [0.1, 0.15) is 0 Å². The van der Waals surface area contributed by atoms with Crippen LogP contribution in [0.4, 0.5) is 0 Å². The molecule has 100 valence electrons. The van der Waals surface area contributed by atoms with Gasteiger partial charge in [-0.2, -0.15) is 5.10 Å². The van der Waals surface area contributed by atoms with Crippen LogP contribution < -0.4 is 5.73 Å². The molecule has 0 aliphatic carbocycles. The summed E-state index contributed by atoms with van der Waals surface area (Å²) >= 11 is 1.32. The van der Waals surface area contributed by atoms with E-state index < -0.39 is 0 Å². The second-order valence-corrected chi connectivity index (χ2v) is 5.18. The summed E-state index contributed by atoms with van der Waals surface area (Å²) in [4.78, 5) is 15.2. The average molecular weight is 284 g/mol. The number of hydrogen-bond acceptors (Lipinski definition) is 4. The van der Waals surface area contributed by atoms with Gasteiger partial charge in [-0.3, -0.25) is 4.79 Å². The number of hydrogen-bond donors (Lipinski definition) is 1. The first-order valence-electron chi connectivity index (χ1n) is 6.05. The van der Waals surface area contributed by atoms with E-state index >= 15 is 0 Å². The smallest absolute Gasteiger partial charge is 0.227 e. The Labute approximate surface area is 119 Å². The normalized spacial score (nSPS) is 10.8. The molecular weight excluding hydrogens is 272 g/mol. The van der Waals surface area contributed by atoms with Crippen LogP contribution in [0.2, 0.25) is 0 Å². The van der Waals surface area contributed by atoms with Crippen molar-refractivity contribution >= 4 is 23.2 Å². The van der Waals surface area contributed by atoms with E-state index in [9.17, 15) is 4.79 Å². The molecule has 2 N–H and O–H groups in total. The largest absolute Gasteiger partial charge is 0.369 e. The SMILES string of the molecule is NC(=O)CSc1nccn2nc(-c3ccccc3)cc12. The molecule has 0 atom stereocenters. The number of primary amides is 1. The topological polar surface area (TPSA) is 73.3 Å². The molecule has 2 aromatic heterocycles. The number of nitrogens with two attached hydrogens (primary N) is 1. The number of rotatable bonds is 4. The monoisotopic (exact) mass is 284 g/mol. The van der Waals surface area contributed by atoms with Crippen LogP contribution in [-0.4, -0.2) is 26.3 Å². The molecule has 0 aliphatic heterocycles. The van der Waals surface area contributed by atoms with Crippen LogP contribution in [0, 0.1) is 0 Å². The minimum Gasteiger partial charge on any atom is -0.369 e. The summed E-state index contributed by atoms with van der Waals surface area (Å²) in [7, 11) is 0. The van der Waals surface area contributed by atoms with Crippen molar-refractivity contribution in [2.24, 2.45) is 5.73 Å². The summed E-state index contributed by atoms with van der Waals surface area (Å²) in [6, 6.07) is 11.9. The van der Waals surface area contributed by atoms with Gasteiger partial charge in [-0.05, 0) is 6.07 Å². The van der Waals surface area contributed by atoms with Crippen molar-refractivity contribution in [3.63, 3.8) is 0 Å². The van der Waals surface area contributed by atoms with E-state index in [1.54, 1.807) is 16.9 Å². The van der Waals surface area contributed by atoms with Crippen molar-refractivity contribution in [2.75, 3.05) is 5.75 Å². The number of nitrogens with zero attached hydrogens (tertiary/aromatic N) is 3. The molecule has 0 radical (unpaired) electrons. The zero-order chi connectivity index (χ0) is 13.9. The van der Waals surface area contributed by atoms with Gasteiger partial charge in [0.15, 0.2) is 0 Å². The Bertz CT molecular complexity index is 754. The molecule has 0 fully saturated rings. The van der Waals surface area contributed by atoms with Gasteiger partial charge in [-0.1, -0.05) is 42.1 Å². The second kappa shape index (κ2) is 5.34. The van der Waals surface area contributed by atoms with Gasteiger partial charge >= 0.3 is 0 Å². The van der Waals surface area contributed by atoms with Crippen LogP contribution in [0.3, 0.4) is 0 Å². The van der Waals surface area contributed by atoms with Crippen molar-refractivity contribution in [3.8, 4) is 11.3 Å². The maximum Gasteiger partial charge on any atom is 0.227 e. The molecule has 0 unspecified atom stereocenters. The Morgan fingerprint density at radius 2 is 2.10 bits per heavy atom. The summed E-state index contributed by atoms with van der Waals surface area (Å²) in [6.45, 7) is 0. The fourth-order valence-electron chi connectivity index (χ4n) is 1.90. The van der Waals surface area contributed by atoms with Crippen molar-refractivity contribution in [2.45, 2.75) is 5.03 Å². The maximum absolute atomic E-state index is 10.9. The summed E-state index contributed by atoms with van der Waals surface area (Å²) < 4.78 is 1.76. The van der Waals surface area contributed by atoms with Crippen molar-refractivity contribution < 1.29 is 4.79 Å². The lowest BCUT2D eigenvalue weighted by Gasteiger charge is -1.99. The molecule has 0 saturated carbocycles. The molecule has 0 aliphatic rings. The molecule has 20 heavy (non-hydrogen) atoms. The van der Waals surface area contributed by atoms with E-state index in [4.69, 9.17) is 5.73 Å². The third kappa shape index (κ3) is 2.50. The van der Waals surface area contributed by atoms with Gasteiger partial charge in [0.1, 0.15) is 5.03 Å². The lowest BCUT2D eigenvalue weighted by molar-refractivity contribution is -0.115. The summed E-state index contributed by atoms with van der Waals surface area (Å²) in [5.41, 5.74) is 7.96. The summed E-state index contributed by atoms with van der Waals surface area (Å²) in [5.74, 6) is -0.153. The average Bonchev–Trinajstić information content (AvgIpc) is 2.90. The Morgan fingerprint density at radius 3 is 2.85 bits per heavy atom. The predicted octanol–water partition coefficient (Wildman–Crippen LogP) is 1.97. The second-order valence-electron chi connectivity index (χ2n) is 4.21. The molecular formula is C14H12N4OS. The molecule has 3 aromatic rings. The Kier molecular flexibility index (Phi) is 3.39. The maximum atomic E-state index is 10.9. The van der Waals surface area contributed by atoms with Crippen molar-refractivity contribution in [3.05, 3.63) is 48.8 Å². The summed E-state index contributed by atoms with van der Waals surface area (Å²) in [5, 5.41) is 5.27. The first-order chi connectivity index (χ1) is 9.74. The summed E-state index contributed by atoms with van der Waals surface area (Å²) in [6.07, 6.45) is 3.45. The Balaban J connectivity index is 2.02. The quantitative estimate of drug-likeness (QED) is 0.743. The highest BCUT2D eigenvalue weighted by Crippen LogP contribution is 2.25. The number of aromatic nitrogens is 3. The number of amides is 1. The van der Waals surface area contributed by atoms with Crippen LogP contribution in [0.25, 0.3) is 16.8 Å². The van der Waals surface area contributed by atoms with Gasteiger partial charge in [0.25, 0.3) is 0 Å². The van der Waals surface area contributed by atoms with Crippen molar-refractivity contribution in [1.82, 2.24) is 14.6 Å². The zero-order valence-corrected chi connectivity index (χ0v) is 11.4. The van der Waals surface area contributed by atoms with Gasteiger partial charge in [0.2, 0.25) is 5.91 Å². The molecule has 0 spiro atoms. The highest BCUT2D eigenvalue weighted by molar-refractivity contribution is 8.00. The molecule has 0 saturated heterocycles. The first kappa shape index (κ1) is 12.7. The standard InChI is InChI=1S/C14H12N4OS/c15-13(19)9-20-14-12-8-11(10-4-2-1-3-5-10)17-18(12)7-6-16-14/h1-8H,9H2,(H2,15,19). The highest BCUT2D eigenvalue weighted by atomic mass is 32.2. The fourth-order valence-corrected chi connectivity index (χ4v) is 2.61. The highest BCUT2D eigenvalue weighted by Gasteiger charge is 2.10. The predicted molar refractivity (Wildman–Crippen MR) is 78.3 cm³/mol. The minimum absolute atomic E-state index is 0.207. The fraction of sp³-hybridized carbons (Fsp3) is 0.0714. The van der Waals surface area contributed by atoms with Gasteiger partial charge in [-0.15, -0.1) is 0 Å². The molecule has 1 aromatic carbocycles. The molecule has 0 bridgehead atoms. The first-order valence-corrected chi connectivity index (χ1v) is 7.03. The third-order valence-corrected chi connectivity index (χ3v) is 3.79. The number of carbonyl (C=O) groups is 1. The van der Waals surface area contributed by atoms with Gasteiger partial charge in [0.05, 0.1) is 17.0 Å². The third-order valence-electron chi connectivity index (χ3n) is 2.78. The Hall–Kier alpha value is -2.34. The van der Waals surface area contributed by atoms with Crippen LogP contribution >= 0.6 is 11.8 Å².